The Morgan fingerprint density at radius 2 is 1.81 bits per heavy atom. The molecular weight excluding hydrogens is 352 g/mol. The number of anilines is 1. The van der Waals surface area contributed by atoms with E-state index in [0.29, 0.717) is 0 Å². The van der Waals surface area contributed by atoms with Gasteiger partial charge in [0.2, 0.25) is 15.9 Å². The number of nitrogens with zero attached hydrogens (tertiary/aromatic N) is 1. The summed E-state index contributed by atoms with van der Waals surface area (Å²) in [4.78, 5) is 12.5. The van der Waals surface area contributed by atoms with Gasteiger partial charge in [-0.3, -0.25) is 15.6 Å². The quantitative estimate of drug-likeness (QED) is 0.695. The molecule has 0 radical (unpaired) electrons. The summed E-state index contributed by atoms with van der Waals surface area (Å²) >= 11 is 0. The van der Waals surface area contributed by atoms with Gasteiger partial charge in [-0.2, -0.15) is 4.31 Å². The number of likely N-dealkylation sites (N-methyl/N-ethyl adjacent to an activating group) is 1. The average Bonchev–Trinajstić information content (AvgIpc) is 2.88. The molecule has 1 saturated heterocycles. The number of carbonyl (C=O) groups excluding carboxylic acids is 1. The topological polar surface area (TPSA) is 90.5 Å². The normalized spacial score (nSPS) is 23.6. The molecule has 8 heteroatoms. The van der Waals surface area contributed by atoms with Gasteiger partial charge in [-0.05, 0) is 37.8 Å². The number of amides is 1. The molecule has 3 N–H and O–H groups in total. The van der Waals surface area contributed by atoms with Crippen molar-refractivity contribution >= 4 is 21.6 Å². The Bertz CT molecular complexity index is 754. The smallest absolute Gasteiger partial charge is 0.239 e. The van der Waals surface area contributed by atoms with E-state index in [-0.39, 0.29) is 30.5 Å². The van der Waals surface area contributed by atoms with E-state index in [4.69, 9.17) is 0 Å². The average molecular weight is 383 g/mol. The zero-order valence-corrected chi connectivity index (χ0v) is 17.1. The number of benzene rings is 1. The summed E-state index contributed by atoms with van der Waals surface area (Å²) in [7, 11) is -2.16. The van der Waals surface area contributed by atoms with Crippen LogP contribution in [0.2, 0.25) is 0 Å². The molecular formula is C18H30N4O3S. The molecule has 1 amide bonds. The van der Waals surface area contributed by atoms with E-state index in [1.165, 1.54) is 7.05 Å². The van der Waals surface area contributed by atoms with E-state index < -0.39 is 15.3 Å². The Morgan fingerprint density at radius 3 is 2.35 bits per heavy atom. The third-order valence-electron chi connectivity index (χ3n) is 4.86. The van der Waals surface area contributed by atoms with Crippen molar-refractivity contribution < 1.29 is 13.2 Å². The molecule has 1 aliphatic rings. The largest absolute Gasteiger partial charge is 0.324 e. The van der Waals surface area contributed by atoms with E-state index >= 15 is 0 Å². The highest BCUT2D eigenvalue weighted by Crippen LogP contribution is 2.27. The second kappa shape index (κ2) is 8.04. The SMILES string of the molecule is Cc1cccc(C(C)C)c1NC(=O)CN(C)S(=O)(=O)C1C(C)NNC1C. The number of hydrogen-bond donors (Lipinski definition) is 3. The van der Waals surface area contributed by atoms with E-state index in [1.54, 1.807) is 0 Å². The van der Waals surface area contributed by atoms with Crippen LogP contribution in [0.4, 0.5) is 5.69 Å². The van der Waals surface area contributed by atoms with Gasteiger partial charge in [0, 0.05) is 24.8 Å². The molecule has 2 rings (SSSR count). The van der Waals surface area contributed by atoms with Gasteiger partial charge in [0.05, 0.1) is 6.54 Å². The van der Waals surface area contributed by atoms with Gasteiger partial charge in [0.25, 0.3) is 0 Å². The Morgan fingerprint density at radius 1 is 1.23 bits per heavy atom. The van der Waals surface area contributed by atoms with Crippen LogP contribution >= 0.6 is 0 Å². The van der Waals surface area contributed by atoms with Crippen molar-refractivity contribution in [3.8, 4) is 0 Å². The third-order valence-corrected chi connectivity index (χ3v) is 7.36. The van der Waals surface area contributed by atoms with Crippen molar-refractivity contribution in [1.29, 1.82) is 0 Å². The zero-order valence-electron chi connectivity index (χ0n) is 16.3. The van der Waals surface area contributed by atoms with Crippen LogP contribution in [0, 0.1) is 6.92 Å². The van der Waals surface area contributed by atoms with Crippen LogP contribution in [0.3, 0.4) is 0 Å². The molecule has 0 saturated carbocycles. The minimum absolute atomic E-state index is 0.218. The van der Waals surface area contributed by atoms with Gasteiger partial charge < -0.3 is 5.32 Å². The van der Waals surface area contributed by atoms with E-state index in [0.717, 1.165) is 21.1 Å². The fourth-order valence-corrected chi connectivity index (χ4v) is 5.28. The fourth-order valence-electron chi connectivity index (χ4n) is 3.40. The molecule has 2 unspecified atom stereocenters. The van der Waals surface area contributed by atoms with Crippen LogP contribution in [0.15, 0.2) is 18.2 Å². The number of aryl methyl sites for hydroxylation is 1. The van der Waals surface area contributed by atoms with E-state index in [1.807, 2.05) is 39.0 Å². The van der Waals surface area contributed by atoms with E-state index in [2.05, 4.69) is 30.0 Å². The van der Waals surface area contributed by atoms with Gasteiger partial charge in [-0.1, -0.05) is 32.0 Å². The first kappa shape index (κ1) is 20.8. The first-order valence-electron chi connectivity index (χ1n) is 8.91. The standard InChI is InChI=1S/C18H30N4O3S/c1-11(2)15-9-7-8-12(3)17(15)19-16(23)10-22(6)26(24,25)18-13(4)20-21-14(18)5/h7-9,11,13-14,18,20-21H,10H2,1-6H3,(H,19,23). The molecule has 146 valence electrons. The Balaban J connectivity index is 2.13. The Labute approximate surface area is 156 Å². The summed E-state index contributed by atoms with van der Waals surface area (Å²) in [5.41, 5.74) is 8.65. The van der Waals surface area contributed by atoms with Crippen molar-refractivity contribution in [3.63, 3.8) is 0 Å². The molecule has 1 aromatic carbocycles. The van der Waals surface area contributed by atoms with Gasteiger partial charge >= 0.3 is 0 Å². The predicted molar refractivity (Wildman–Crippen MR) is 104 cm³/mol. The molecule has 1 aliphatic heterocycles. The van der Waals surface area contributed by atoms with Crippen LogP contribution < -0.4 is 16.2 Å². The second-order valence-electron chi connectivity index (χ2n) is 7.37. The Kier molecular flexibility index (Phi) is 6.44. The summed E-state index contributed by atoms with van der Waals surface area (Å²) in [5.74, 6) is -0.0875. The van der Waals surface area contributed by atoms with Gasteiger partial charge in [-0.25, -0.2) is 8.42 Å². The van der Waals surface area contributed by atoms with Gasteiger partial charge in [-0.15, -0.1) is 0 Å². The number of nitrogens with one attached hydrogen (secondary N) is 3. The summed E-state index contributed by atoms with van der Waals surface area (Å²) in [6, 6.07) is 5.40. The second-order valence-corrected chi connectivity index (χ2v) is 9.57. The predicted octanol–water partition coefficient (Wildman–Crippen LogP) is 1.57. The van der Waals surface area contributed by atoms with Gasteiger partial charge in [0.15, 0.2) is 0 Å². The third kappa shape index (κ3) is 4.25. The molecule has 2 atom stereocenters. The molecule has 1 heterocycles. The summed E-state index contributed by atoms with van der Waals surface area (Å²) < 4.78 is 26.8. The lowest BCUT2D eigenvalue weighted by molar-refractivity contribution is -0.116. The van der Waals surface area contributed by atoms with Crippen molar-refractivity contribution in [2.45, 2.75) is 57.9 Å². The maximum absolute atomic E-state index is 12.8. The van der Waals surface area contributed by atoms with Gasteiger partial charge in [0.1, 0.15) is 5.25 Å². The fraction of sp³-hybridized carbons (Fsp3) is 0.611. The molecule has 1 fully saturated rings. The lowest BCUT2D eigenvalue weighted by Crippen LogP contribution is -2.47. The van der Waals surface area contributed by atoms with Crippen LogP contribution in [0.5, 0.6) is 0 Å². The summed E-state index contributed by atoms with van der Waals surface area (Å²) in [6.07, 6.45) is 0. The highest BCUT2D eigenvalue weighted by molar-refractivity contribution is 7.89. The summed E-state index contributed by atoms with van der Waals surface area (Å²) in [5, 5.41) is 2.28. The molecule has 7 nitrogen and oxygen atoms in total. The first-order chi connectivity index (χ1) is 12.1. The summed E-state index contributed by atoms with van der Waals surface area (Å²) in [6.45, 7) is 9.46. The lowest BCUT2D eigenvalue weighted by atomic mass is 9.98. The van der Waals surface area contributed by atoms with Crippen molar-refractivity contribution in [3.05, 3.63) is 29.3 Å². The lowest BCUT2D eigenvalue weighted by Gasteiger charge is -2.25. The number of hydrogen-bond acceptors (Lipinski definition) is 5. The highest BCUT2D eigenvalue weighted by Gasteiger charge is 2.42. The molecule has 0 aromatic heterocycles. The molecule has 0 aliphatic carbocycles. The minimum atomic E-state index is -3.61. The Hall–Kier alpha value is -1.48. The molecule has 26 heavy (non-hydrogen) atoms. The minimum Gasteiger partial charge on any atom is -0.324 e. The van der Waals surface area contributed by atoms with Crippen LogP contribution in [0.1, 0.15) is 44.7 Å². The van der Waals surface area contributed by atoms with Crippen molar-refractivity contribution in [1.82, 2.24) is 15.2 Å². The monoisotopic (exact) mass is 382 g/mol. The zero-order chi connectivity index (χ0) is 19.6. The van der Waals surface area contributed by atoms with Crippen molar-refractivity contribution in [2.24, 2.45) is 0 Å². The van der Waals surface area contributed by atoms with Crippen LogP contribution in [-0.2, 0) is 14.8 Å². The number of para-hydroxylation sites is 1. The van der Waals surface area contributed by atoms with Crippen LogP contribution in [0.25, 0.3) is 0 Å². The maximum atomic E-state index is 12.8. The number of hydrazine groups is 1. The van der Waals surface area contributed by atoms with Crippen molar-refractivity contribution in [2.75, 3.05) is 18.9 Å². The van der Waals surface area contributed by atoms with Crippen LogP contribution in [-0.4, -0.2) is 49.6 Å². The molecule has 0 spiro atoms. The first-order valence-corrected chi connectivity index (χ1v) is 10.4. The highest BCUT2D eigenvalue weighted by atomic mass is 32.2. The molecule has 0 bridgehead atoms. The number of sulfonamides is 1. The number of rotatable bonds is 6. The maximum Gasteiger partial charge on any atom is 0.239 e. The number of carbonyl (C=O) groups is 1. The van der Waals surface area contributed by atoms with E-state index in [9.17, 15) is 13.2 Å². The molecule has 1 aromatic rings.